The average molecular weight is 283 g/mol. The van der Waals surface area contributed by atoms with Gasteiger partial charge >= 0.3 is 11.7 Å². The number of methoxy groups -OCH3 is 1. The van der Waals surface area contributed by atoms with Crippen molar-refractivity contribution in [2.45, 2.75) is 32.3 Å². The fourth-order valence-corrected chi connectivity index (χ4v) is 1.64. The number of hydrogen-bond donors (Lipinski definition) is 1. The third kappa shape index (κ3) is 4.11. The first-order chi connectivity index (χ1) is 9.49. The summed E-state index contributed by atoms with van der Waals surface area (Å²) in [6.07, 6.45) is 0.690. The van der Waals surface area contributed by atoms with Crippen LogP contribution >= 0.6 is 0 Å². The first-order valence-corrected chi connectivity index (χ1v) is 6.21. The normalized spacial score (nSPS) is 11.7. The van der Waals surface area contributed by atoms with E-state index in [1.807, 2.05) is 6.92 Å². The maximum atomic E-state index is 11.1. The van der Waals surface area contributed by atoms with Gasteiger partial charge in [-0.25, -0.2) is 4.79 Å². The molecule has 1 N–H and O–H groups in total. The minimum Gasteiger partial charge on any atom is -0.496 e. The topological polar surface area (TPSA) is 98.9 Å². The zero-order chi connectivity index (χ0) is 15.1. The molecule has 0 amide bonds. The fraction of sp³-hybridized carbons (Fsp3) is 0.462. The molecule has 0 aromatic heterocycles. The van der Waals surface area contributed by atoms with E-state index in [-0.39, 0.29) is 11.4 Å². The lowest BCUT2D eigenvalue weighted by Gasteiger charge is -2.15. The molecule has 0 bridgehead atoms. The molecule has 0 saturated heterocycles. The second-order valence-electron chi connectivity index (χ2n) is 4.18. The lowest BCUT2D eigenvalue weighted by Crippen LogP contribution is -2.27. The highest BCUT2D eigenvalue weighted by Gasteiger charge is 2.24. The van der Waals surface area contributed by atoms with Crippen molar-refractivity contribution in [3.05, 3.63) is 28.3 Å². The average Bonchev–Trinajstić information content (AvgIpc) is 2.42. The molecular formula is C13H17NO6. The number of hydrogen-bond acceptors (Lipinski definition) is 5. The Morgan fingerprint density at radius 3 is 2.70 bits per heavy atom. The van der Waals surface area contributed by atoms with Crippen LogP contribution in [0.15, 0.2) is 18.2 Å². The Hall–Kier alpha value is -2.31. The molecule has 7 nitrogen and oxygen atoms in total. The number of ether oxygens (including phenoxy) is 2. The minimum atomic E-state index is -1.14. The van der Waals surface area contributed by atoms with Crippen molar-refractivity contribution in [3.63, 3.8) is 0 Å². The number of nitrogens with zero attached hydrogens (tertiary/aromatic N) is 1. The van der Waals surface area contributed by atoms with Crippen molar-refractivity contribution in [1.82, 2.24) is 0 Å². The number of carboxylic acid groups (broad SMARTS) is 1. The van der Waals surface area contributed by atoms with Crippen LogP contribution in [0, 0.1) is 10.1 Å². The molecule has 0 saturated carbocycles. The first-order valence-electron chi connectivity index (χ1n) is 6.21. The second-order valence-corrected chi connectivity index (χ2v) is 4.18. The van der Waals surface area contributed by atoms with E-state index in [1.165, 1.54) is 25.3 Å². The molecule has 0 aliphatic heterocycles. The van der Waals surface area contributed by atoms with Gasteiger partial charge in [0, 0.05) is 0 Å². The molecule has 1 aromatic rings. The van der Waals surface area contributed by atoms with E-state index in [9.17, 15) is 14.9 Å². The highest BCUT2D eigenvalue weighted by atomic mass is 16.6. The van der Waals surface area contributed by atoms with E-state index in [0.717, 1.165) is 6.42 Å². The Kier molecular flexibility index (Phi) is 5.76. The molecule has 0 heterocycles. The molecule has 1 atom stereocenters. The van der Waals surface area contributed by atoms with E-state index >= 15 is 0 Å². The maximum absolute atomic E-state index is 11.1. The summed E-state index contributed by atoms with van der Waals surface area (Å²) in [6, 6.07) is 4.04. The van der Waals surface area contributed by atoms with Gasteiger partial charge in [-0.1, -0.05) is 13.3 Å². The molecule has 1 unspecified atom stereocenters. The minimum absolute atomic E-state index is 0.0701. The Morgan fingerprint density at radius 1 is 1.50 bits per heavy atom. The number of carbonyl (C=O) groups is 1. The summed E-state index contributed by atoms with van der Waals surface area (Å²) in [5, 5.41) is 20.0. The number of unbranched alkanes of at least 4 members (excludes halogenated alkanes) is 1. The van der Waals surface area contributed by atoms with Crippen LogP contribution in [0.25, 0.3) is 0 Å². The molecule has 110 valence electrons. The van der Waals surface area contributed by atoms with Crippen LogP contribution in [0.2, 0.25) is 0 Å². The number of nitro groups is 1. The van der Waals surface area contributed by atoms with Crippen LogP contribution in [0.1, 0.15) is 26.2 Å². The summed E-state index contributed by atoms with van der Waals surface area (Å²) in [7, 11) is 1.39. The van der Waals surface area contributed by atoms with Crippen LogP contribution in [0.3, 0.4) is 0 Å². The number of rotatable bonds is 8. The molecular weight excluding hydrogens is 266 g/mol. The quantitative estimate of drug-likeness (QED) is 0.581. The Morgan fingerprint density at radius 2 is 2.20 bits per heavy atom. The molecule has 7 heteroatoms. The summed E-state index contributed by atoms with van der Waals surface area (Å²) in [6.45, 7) is 1.93. The summed E-state index contributed by atoms with van der Waals surface area (Å²) >= 11 is 0. The number of carboxylic acids is 1. The van der Waals surface area contributed by atoms with E-state index < -0.39 is 17.0 Å². The van der Waals surface area contributed by atoms with Gasteiger partial charge in [-0.3, -0.25) is 10.1 Å². The van der Waals surface area contributed by atoms with Crippen LogP contribution < -0.4 is 9.47 Å². The predicted molar refractivity (Wildman–Crippen MR) is 71.2 cm³/mol. The smallest absolute Gasteiger partial charge is 0.344 e. The zero-order valence-corrected chi connectivity index (χ0v) is 11.4. The fourth-order valence-electron chi connectivity index (χ4n) is 1.64. The standard InChI is InChI=1S/C13H17NO6/c1-3-4-5-12(13(15)16)20-11-7-6-9(19-2)8-10(11)14(17)18/h6-8,12H,3-5H2,1-2H3,(H,15,16). The van der Waals surface area contributed by atoms with E-state index in [4.69, 9.17) is 14.6 Å². The van der Waals surface area contributed by atoms with Gasteiger partial charge in [0.1, 0.15) is 5.75 Å². The van der Waals surface area contributed by atoms with Gasteiger partial charge in [-0.05, 0) is 25.0 Å². The Balaban J connectivity index is 2.99. The highest BCUT2D eigenvalue weighted by Crippen LogP contribution is 2.32. The van der Waals surface area contributed by atoms with Crippen molar-refractivity contribution < 1.29 is 24.3 Å². The largest absolute Gasteiger partial charge is 0.496 e. The summed E-state index contributed by atoms with van der Waals surface area (Å²) < 4.78 is 10.2. The van der Waals surface area contributed by atoms with E-state index in [0.29, 0.717) is 18.6 Å². The van der Waals surface area contributed by atoms with Crippen molar-refractivity contribution in [2.24, 2.45) is 0 Å². The first kappa shape index (κ1) is 15.7. The molecule has 0 aliphatic carbocycles. The summed E-state index contributed by atoms with van der Waals surface area (Å²) in [5.41, 5.74) is -0.313. The number of benzene rings is 1. The molecule has 0 radical (unpaired) electrons. The Labute approximate surface area is 116 Å². The molecule has 1 aromatic carbocycles. The van der Waals surface area contributed by atoms with E-state index in [2.05, 4.69) is 0 Å². The third-order valence-corrected chi connectivity index (χ3v) is 2.73. The maximum Gasteiger partial charge on any atom is 0.344 e. The van der Waals surface area contributed by atoms with Crippen molar-refractivity contribution in [3.8, 4) is 11.5 Å². The van der Waals surface area contributed by atoms with Crippen molar-refractivity contribution in [1.29, 1.82) is 0 Å². The molecule has 0 aliphatic rings. The van der Waals surface area contributed by atoms with Crippen molar-refractivity contribution in [2.75, 3.05) is 7.11 Å². The summed E-state index contributed by atoms with van der Waals surface area (Å²) in [5.74, 6) is -0.896. The van der Waals surface area contributed by atoms with Crippen LogP contribution in [0.4, 0.5) is 5.69 Å². The lowest BCUT2D eigenvalue weighted by atomic mass is 10.1. The van der Waals surface area contributed by atoms with Gasteiger partial charge in [-0.2, -0.15) is 0 Å². The van der Waals surface area contributed by atoms with Gasteiger partial charge in [0.15, 0.2) is 11.9 Å². The van der Waals surface area contributed by atoms with E-state index in [1.54, 1.807) is 0 Å². The van der Waals surface area contributed by atoms with Gasteiger partial charge in [0.05, 0.1) is 18.1 Å². The van der Waals surface area contributed by atoms with Gasteiger partial charge in [0.2, 0.25) is 0 Å². The van der Waals surface area contributed by atoms with Gasteiger partial charge in [-0.15, -0.1) is 0 Å². The zero-order valence-electron chi connectivity index (χ0n) is 11.4. The van der Waals surface area contributed by atoms with Crippen LogP contribution in [0.5, 0.6) is 11.5 Å². The molecule has 1 rings (SSSR count). The van der Waals surface area contributed by atoms with Crippen LogP contribution in [-0.4, -0.2) is 29.2 Å². The number of aliphatic carboxylic acids is 1. The second kappa shape index (κ2) is 7.32. The third-order valence-electron chi connectivity index (χ3n) is 2.73. The SMILES string of the molecule is CCCCC(Oc1ccc(OC)cc1[N+](=O)[O-])C(=O)O. The van der Waals surface area contributed by atoms with Gasteiger partial charge < -0.3 is 14.6 Å². The lowest BCUT2D eigenvalue weighted by molar-refractivity contribution is -0.386. The van der Waals surface area contributed by atoms with Crippen LogP contribution in [-0.2, 0) is 4.79 Å². The predicted octanol–water partition coefficient (Wildman–Crippen LogP) is 2.63. The van der Waals surface area contributed by atoms with Gasteiger partial charge in [0.25, 0.3) is 0 Å². The highest BCUT2D eigenvalue weighted by molar-refractivity contribution is 5.73. The summed E-state index contributed by atoms with van der Waals surface area (Å²) in [4.78, 5) is 21.4. The molecule has 0 spiro atoms. The Bertz CT molecular complexity index is 488. The monoisotopic (exact) mass is 283 g/mol. The van der Waals surface area contributed by atoms with Crippen molar-refractivity contribution >= 4 is 11.7 Å². The number of nitro benzene ring substituents is 1. The molecule has 20 heavy (non-hydrogen) atoms. The molecule has 0 fully saturated rings.